The van der Waals surface area contributed by atoms with E-state index in [1.54, 1.807) is 19.2 Å². The van der Waals surface area contributed by atoms with Crippen molar-refractivity contribution < 1.29 is 17.9 Å². The van der Waals surface area contributed by atoms with Gasteiger partial charge in [-0.05, 0) is 36.2 Å². The zero-order valence-electron chi connectivity index (χ0n) is 15.9. The number of nitrogens with two attached hydrogens (primary N) is 1. The molecule has 3 rings (SSSR count). The number of para-hydroxylation sites is 2. The predicted molar refractivity (Wildman–Crippen MR) is 108 cm³/mol. The molecule has 1 aliphatic heterocycles. The molecule has 0 saturated carbocycles. The van der Waals surface area contributed by atoms with Gasteiger partial charge in [-0.2, -0.15) is 0 Å². The van der Waals surface area contributed by atoms with Crippen LogP contribution in [0.4, 0.5) is 5.69 Å². The number of benzene rings is 2. The average Bonchev–Trinajstić information content (AvgIpc) is 2.71. The van der Waals surface area contributed by atoms with Gasteiger partial charge in [0.15, 0.2) is 0 Å². The number of primary sulfonamides is 1. The van der Waals surface area contributed by atoms with Crippen molar-refractivity contribution in [1.29, 1.82) is 0 Å². The van der Waals surface area contributed by atoms with Gasteiger partial charge in [-0.15, -0.1) is 0 Å². The van der Waals surface area contributed by atoms with Crippen molar-refractivity contribution in [3.8, 4) is 5.75 Å². The molecular formula is C20H25N3O4S. The van der Waals surface area contributed by atoms with Crippen LogP contribution in [0.3, 0.4) is 0 Å². The van der Waals surface area contributed by atoms with E-state index in [0.717, 1.165) is 30.1 Å². The fourth-order valence-electron chi connectivity index (χ4n) is 3.34. The number of aryl methyl sites for hydroxylation is 1. The minimum absolute atomic E-state index is 0.0787. The molecule has 2 aromatic carbocycles. The van der Waals surface area contributed by atoms with Crippen molar-refractivity contribution in [3.05, 3.63) is 54.1 Å². The molecule has 8 heteroatoms. The van der Waals surface area contributed by atoms with Crippen LogP contribution >= 0.6 is 0 Å². The van der Waals surface area contributed by atoms with Crippen molar-refractivity contribution >= 4 is 21.6 Å². The molecular weight excluding hydrogens is 378 g/mol. The smallest absolute Gasteiger partial charge is 0.238 e. The van der Waals surface area contributed by atoms with Crippen molar-refractivity contribution in [2.75, 3.05) is 38.2 Å². The van der Waals surface area contributed by atoms with E-state index < -0.39 is 10.0 Å². The summed E-state index contributed by atoms with van der Waals surface area (Å²) in [4.78, 5) is 16.7. The molecule has 1 saturated heterocycles. The molecule has 0 unspecified atom stereocenters. The lowest BCUT2D eigenvalue weighted by molar-refractivity contribution is -0.131. The Morgan fingerprint density at radius 2 is 1.68 bits per heavy atom. The summed E-state index contributed by atoms with van der Waals surface area (Å²) < 4.78 is 28.0. The van der Waals surface area contributed by atoms with Gasteiger partial charge in [0.25, 0.3) is 0 Å². The standard InChI is InChI=1S/C20H25N3O4S/c1-27-19-5-3-2-4-18(19)22-12-14-23(15-13-22)20(24)11-8-16-6-9-17(10-7-16)28(21,25)26/h2-7,9-10H,8,11-15H2,1H3,(H2,21,25,26). The van der Waals surface area contributed by atoms with Crippen LogP contribution in [-0.2, 0) is 21.2 Å². The molecule has 0 spiro atoms. The summed E-state index contributed by atoms with van der Waals surface area (Å²) in [7, 11) is -2.03. The third kappa shape index (κ3) is 4.82. The first kappa shape index (κ1) is 20.2. The predicted octanol–water partition coefficient (Wildman–Crippen LogP) is 1.62. The Kier molecular flexibility index (Phi) is 6.21. The van der Waals surface area contributed by atoms with Crippen LogP contribution < -0.4 is 14.8 Å². The Bertz CT molecular complexity index is 921. The quantitative estimate of drug-likeness (QED) is 0.791. The molecule has 2 N–H and O–H groups in total. The molecule has 0 radical (unpaired) electrons. The van der Waals surface area contributed by atoms with Gasteiger partial charge in [-0.1, -0.05) is 24.3 Å². The molecule has 7 nitrogen and oxygen atoms in total. The van der Waals surface area contributed by atoms with E-state index in [-0.39, 0.29) is 10.8 Å². The van der Waals surface area contributed by atoms with Crippen LogP contribution in [0.5, 0.6) is 5.75 Å². The first-order valence-corrected chi connectivity index (χ1v) is 10.7. The molecule has 0 aliphatic carbocycles. The lowest BCUT2D eigenvalue weighted by atomic mass is 10.1. The molecule has 150 valence electrons. The maximum atomic E-state index is 12.5. The van der Waals surface area contributed by atoms with Gasteiger partial charge in [0.1, 0.15) is 5.75 Å². The van der Waals surface area contributed by atoms with Crippen molar-refractivity contribution in [1.82, 2.24) is 4.90 Å². The molecule has 0 atom stereocenters. The largest absolute Gasteiger partial charge is 0.495 e. The highest BCUT2D eigenvalue weighted by molar-refractivity contribution is 7.89. The second-order valence-electron chi connectivity index (χ2n) is 6.73. The van der Waals surface area contributed by atoms with Crippen molar-refractivity contribution in [3.63, 3.8) is 0 Å². The molecule has 2 aromatic rings. The summed E-state index contributed by atoms with van der Waals surface area (Å²) in [5.74, 6) is 0.945. The molecule has 1 aliphatic rings. The molecule has 0 aromatic heterocycles. The van der Waals surface area contributed by atoms with Crippen LogP contribution in [0, 0.1) is 0 Å². The Morgan fingerprint density at radius 3 is 2.29 bits per heavy atom. The summed E-state index contributed by atoms with van der Waals surface area (Å²) in [5.41, 5.74) is 1.96. The van der Waals surface area contributed by atoms with Gasteiger partial charge in [0, 0.05) is 32.6 Å². The topological polar surface area (TPSA) is 92.9 Å². The van der Waals surface area contributed by atoms with Crippen molar-refractivity contribution in [2.24, 2.45) is 5.14 Å². The molecule has 1 heterocycles. The van der Waals surface area contributed by atoms with Crippen molar-refractivity contribution in [2.45, 2.75) is 17.7 Å². The summed E-state index contributed by atoms with van der Waals surface area (Å²) in [6.45, 7) is 2.85. The Hall–Kier alpha value is -2.58. The Balaban J connectivity index is 1.51. The third-order valence-corrected chi connectivity index (χ3v) is 5.87. The maximum absolute atomic E-state index is 12.5. The van der Waals surface area contributed by atoms with Gasteiger partial charge < -0.3 is 14.5 Å². The number of hydrogen-bond acceptors (Lipinski definition) is 5. The molecule has 1 fully saturated rings. The molecule has 28 heavy (non-hydrogen) atoms. The number of rotatable bonds is 6. The summed E-state index contributed by atoms with van der Waals surface area (Å²) >= 11 is 0. The maximum Gasteiger partial charge on any atom is 0.238 e. The lowest BCUT2D eigenvalue weighted by Crippen LogP contribution is -2.48. The van der Waals surface area contributed by atoms with Gasteiger partial charge in [-0.25, -0.2) is 13.6 Å². The number of amides is 1. The second-order valence-corrected chi connectivity index (χ2v) is 8.29. The summed E-state index contributed by atoms with van der Waals surface area (Å²) in [6, 6.07) is 14.2. The summed E-state index contributed by atoms with van der Waals surface area (Å²) in [5, 5.41) is 5.10. The van der Waals surface area contributed by atoms with E-state index in [1.165, 1.54) is 12.1 Å². The number of ether oxygens (including phenoxy) is 1. The highest BCUT2D eigenvalue weighted by atomic mass is 32.2. The third-order valence-electron chi connectivity index (χ3n) is 4.94. The normalized spacial score (nSPS) is 14.8. The number of methoxy groups -OCH3 is 1. The highest BCUT2D eigenvalue weighted by Gasteiger charge is 2.22. The highest BCUT2D eigenvalue weighted by Crippen LogP contribution is 2.28. The van der Waals surface area contributed by atoms with E-state index in [9.17, 15) is 13.2 Å². The van der Waals surface area contributed by atoms with Gasteiger partial charge >= 0.3 is 0 Å². The van der Waals surface area contributed by atoms with Gasteiger partial charge in [-0.3, -0.25) is 4.79 Å². The van der Waals surface area contributed by atoms with Crippen LogP contribution in [0.1, 0.15) is 12.0 Å². The fraction of sp³-hybridized carbons (Fsp3) is 0.350. The van der Waals surface area contributed by atoms with E-state index in [1.807, 2.05) is 29.2 Å². The van der Waals surface area contributed by atoms with E-state index in [0.29, 0.717) is 25.9 Å². The van der Waals surface area contributed by atoms with Crippen LogP contribution in [0.15, 0.2) is 53.4 Å². The zero-order valence-corrected chi connectivity index (χ0v) is 16.7. The number of carbonyl (C=O) groups excluding carboxylic acids is 1. The minimum Gasteiger partial charge on any atom is -0.495 e. The monoisotopic (exact) mass is 403 g/mol. The van der Waals surface area contributed by atoms with Crippen LogP contribution in [0.25, 0.3) is 0 Å². The average molecular weight is 404 g/mol. The number of piperazine rings is 1. The zero-order chi connectivity index (χ0) is 20.1. The fourth-order valence-corrected chi connectivity index (χ4v) is 3.86. The van der Waals surface area contributed by atoms with E-state index >= 15 is 0 Å². The van der Waals surface area contributed by atoms with Gasteiger partial charge in [0.2, 0.25) is 15.9 Å². The Morgan fingerprint density at radius 1 is 1.04 bits per heavy atom. The molecule has 1 amide bonds. The van der Waals surface area contributed by atoms with Crippen LogP contribution in [-0.4, -0.2) is 52.5 Å². The number of nitrogens with zero attached hydrogens (tertiary/aromatic N) is 2. The van der Waals surface area contributed by atoms with E-state index in [4.69, 9.17) is 9.88 Å². The Labute approximate surface area is 165 Å². The number of sulfonamides is 1. The second kappa shape index (κ2) is 8.62. The van der Waals surface area contributed by atoms with E-state index in [2.05, 4.69) is 4.90 Å². The number of carbonyl (C=O) groups is 1. The number of hydrogen-bond donors (Lipinski definition) is 1. The van der Waals surface area contributed by atoms with Gasteiger partial charge in [0.05, 0.1) is 17.7 Å². The lowest BCUT2D eigenvalue weighted by Gasteiger charge is -2.36. The summed E-state index contributed by atoms with van der Waals surface area (Å²) in [6.07, 6.45) is 0.958. The number of anilines is 1. The SMILES string of the molecule is COc1ccccc1N1CCN(C(=O)CCc2ccc(S(N)(=O)=O)cc2)CC1. The first-order chi connectivity index (χ1) is 13.4. The first-order valence-electron chi connectivity index (χ1n) is 9.16. The molecule has 0 bridgehead atoms. The van der Waals surface area contributed by atoms with Crippen LogP contribution in [0.2, 0.25) is 0 Å². The minimum atomic E-state index is -3.69.